The zero-order valence-electron chi connectivity index (χ0n) is 25.9. The van der Waals surface area contributed by atoms with Crippen LogP contribution in [0.3, 0.4) is 0 Å². The van der Waals surface area contributed by atoms with E-state index in [4.69, 9.17) is 4.74 Å². The summed E-state index contributed by atoms with van der Waals surface area (Å²) in [4.78, 5) is 54.2. The molecule has 242 valence electrons. The zero-order valence-corrected chi connectivity index (χ0v) is 29.2. The van der Waals surface area contributed by atoms with Crippen molar-refractivity contribution in [2.45, 2.75) is 38.0 Å². The predicted molar refractivity (Wildman–Crippen MR) is 192 cm³/mol. The highest BCUT2D eigenvalue weighted by Crippen LogP contribution is 2.40. The summed E-state index contributed by atoms with van der Waals surface area (Å²) in [5.74, 6) is -0.938. The minimum Gasteiger partial charge on any atom is -0.462 e. The third-order valence-corrected chi connectivity index (χ3v) is 10.1. The van der Waals surface area contributed by atoms with Crippen LogP contribution in [0.2, 0.25) is 0 Å². The van der Waals surface area contributed by atoms with Crippen LogP contribution in [0.4, 0.5) is 10.7 Å². The fourth-order valence-electron chi connectivity index (χ4n) is 5.10. The Hall–Kier alpha value is -4.19. The number of thioether (sulfide) groups is 1. The molecule has 3 amide bonds. The van der Waals surface area contributed by atoms with E-state index >= 15 is 0 Å². The van der Waals surface area contributed by atoms with Gasteiger partial charge in [-0.15, -0.1) is 23.1 Å². The van der Waals surface area contributed by atoms with E-state index in [-0.39, 0.29) is 24.0 Å². The van der Waals surface area contributed by atoms with Crippen LogP contribution >= 0.6 is 39.0 Å². The molecule has 0 saturated carbocycles. The minimum atomic E-state index is -0.500. The van der Waals surface area contributed by atoms with Gasteiger partial charge < -0.3 is 20.7 Å². The van der Waals surface area contributed by atoms with E-state index in [1.54, 1.807) is 55.5 Å². The summed E-state index contributed by atoms with van der Waals surface area (Å²) >= 11 is 6.18. The number of esters is 1. The van der Waals surface area contributed by atoms with E-state index in [1.807, 2.05) is 36.4 Å². The summed E-state index contributed by atoms with van der Waals surface area (Å²) in [6, 6.07) is 23.2. The van der Waals surface area contributed by atoms with Crippen LogP contribution in [0.15, 0.2) is 93.9 Å². The molecular weight excluding hydrogens is 698 g/mol. The molecular formula is C36H34BrN3O5S2. The third-order valence-electron chi connectivity index (χ3n) is 7.42. The van der Waals surface area contributed by atoms with Gasteiger partial charge in [0.2, 0.25) is 5.91 Å². The number of rotatable bonds is 11. The lowest BCUT2D eigenvalue weighted by atomic mass is 9.88. The van der Waals surface area contributed by atoms with Crippen molar-refractivity contribution in [3.63, 3.8) is 0 Å². The Morgan fingerprint density at radius 2 is 1.77 bits per heavy atom. The number of anilines is 2. The maximum Gasteiger partial charge on any atom is 0.341 e. The van der Waals surface area contributed by atoms with Gasteiger partial charge in [-0.25, -0.2) is 4.79 Å². The van der Waals surface area contributed by atoms with Crippen molar-refractivity contribution in [1.29, 1.82) is 0 Å². The van der Waals surface area contributed by atoms with Gasteiger partial charge in [0.1, 0.15) is 10.7 Å². The Morgan fingerprint density at radius 3 is 2.51 bits per heavy atom. The third kappa shape index (κ3) is 9.21. The summed E-state index contributed by atoms with van der Waals surface area (Å²) in [5.41, 5.74) is 3.20. The van der Waals surface area contributed by atoms with E-state index in [2.05, 4.69) is 38.8 Å². The van der Waals surface area contributed by atoms with Gasteiger partial charge in [0.25, 0.3) is 11.8 Å². The van der Waals surface area contributed by atoms with E-state index in [9.17, 15) is 19.2 Å². The van der Waals surface area contributed by atoms with Crippen LogP contribution in [0, 0.1) is 5.92 Å². The van der Waals surface area contributed by atoms with Crippen molar-refractivity contribution in [3.8, 4) is 0 Å². The largest absolute Gasteiger partial charge is 0.462 e. The second-order valence-corrected chi connectivity index (χ2v) is 14.1. The molecule has 0 fully saturated rings. The summed E-state index contributed by atoms with van der Waals surface area (Å²) in [6.07, 6.45) is 4.28. The molecule has 1 aliphatic rings. The number of hydrogen-bond acceptors (Lipinski definition) is 7. The van der Waals surface area contributed by atoms with Crippen molar-refractivity contribution in [1.82, 2.24) is 5.32 Å². The number of fused-ring (bicyclic) bond motifs is 1. The van der Waals surface area contributed by atoms with Gasteiger partial charge >= 0.3 is 5.97 Å². The van der Waals surface area contributed by atoms with E-state index < -0.39 is 17.8 Å². The number of thiophene rings is 1. The topological polar surface area (TPSA) is 114 Å². The molecule has 0 radical (unpaired) electrons. The van der Waals surface area contributed by atoms with E-state index in [1.165, 1.54) is 23.1 Å². The molecule has 1 unspecified atom stereocenters. The predicted octanol–water partition coefficient (Wildman–Crippen LogP) is 7.95. The maximum atomic E-state index is 13.5. The van der Waals surface area contributed by atoms with Crippen LogP contribution in [0.5, 0.6) is 0 Å². The maximum absolute atomic E-state index is 13.5. The number of halogens is 1. The molecule has 1 aliphatic carbocycles. The van der Waals surface area contributed by atoms with Crippen molar-refractivity contribution in [2.75, 3.05) is 23.0 Å². The summed E-state index contributed by atoms with van der Waals surface area (Å²) in [6.45, 7) is 4.22. The smallest absolute Gasteiger partial charge is 0.341 e. The highest BCUT2D eigenvalue weighted by atomic mass is 79.9. The first-order valence-corrected chi connectivity index (χ1v) is 17.8. The Kier molecular flexibility index (Phi) is 11.7. The monoisotopic (exact) mass is 731 g/mol. The lowest BCUT2D eigenvalue weighted by Gasteiger charge is -2.18. The number of nitrogens with one attached hydrogen (secondary N) is 3. The molecule has 1 atom stereocenters. The van der Waals surface area contributed by atoms with Gasteiger partial charge in [0, 0.05) is 25.5 Å². The first-order chi connectivity index (χ1) is 22.7. The van der Waals surface area contributed by atoms with Gasteiger partial charge in [0.15, 0.2) is 0 Å². The Balaban J connectivity index is 1.26. The second-order valence-electron chi connectivity index (χ2n) is 11.0. The molecule has 0 spiro atoms. The Morgan fingerprint density at radius 1 is 1.00 bits per heavy atom. The van der Waals surface area contributed by atoms with E-state index in [0.29, 0.717) is 27.7 Å². The Labute approximate surface area is 290 Å². The van der Waals surface area contributed by atoms with Crippen molar-refractivity contribution in [3.05, 3.63) is 116 Å². The SMILES string of the molecule is CCOC(=O)c1c(NC(=O)CSc2cccc(NC(=O)/C(=C/c3ccc(Br)cc3)NC(=O)c3ccccc3)c2)sc2c1CCC(C)C2. The average Bonchev–Trinajstić information content (AvgIpc) is 3.41. The molecule has 5 rings (SSSR count). The fourth-order valence-corrected chi connectivity index (χ4v) is 7.53. The molecule has 1 heterocycles. The second kappa shape index (κ2) is 16.1. The highest BCUT2D eigenvalue weighted by molar-refractivity contribution is 9.10. The number of carbonyl (C=O) groups is 4. The van der Waals surface area contributed by atoms with Gasteiger partial charge in [-0.1, -0.05) is 59.3 Å². The van der Waals surface area contributed by atoms with Crippen LogP contribution < -0.4 is 16.0 Å². The molecule has 0 aliphatic heterocycles. The first-order valence-electron chi connectivity index (χ1n) is 15.2. The van der Waals surface area contributed by atoms with Gasteiger partial charge in [-0.2, -0.15) is 0 Å². The number of benzene rings is 3. The van der Waals surface area contributed by atoms with Crippen LogP contribution in [0.1, 0.15) is 57.0 Å². The fraction of sp³-hybridized carbons (Fsp3) is 0.222. The molecule has 3 aromatic carbocycles. The number of hydrogen-bond donors (Lipinski definition) is 3. The summed E-state index contributed by atoms with van der Waals surface area (Å²) in [7, 11) is 0. The molecule has 8 nitrogen and oxygen atoms in total. The van der Waals surface area contributed by atoms with Crippen molar-refractivity contribution in [2.24, 2.45) is 5.92 Å². The lowest BCUT2D eigenvalue weighted by Crippen LogP contribution is -2.30. The molecule has 3 N–H and O–H groups in total. The highest BCUT2D eigenvalue weighted by Gasteiger charge is 2.29. The van der Waals surface area contributed by atoms with Crippen LogP contribution in [-0.4, -0.2) is 36.1 Å². The quantitative estimate of drug-likeness (QED) is 0.0820. The van der Waals surface area contributed by atoms with Gasteiger partial charge in [0.05, 0.1) is 17.9 Å². The van der Waals surface area contributed by atoms with Crippen molar-refractivity contribution >= 4 is 79.5 Å². The molecule has 47 heavy (non-hydrogen) atoms. The first kappa shape index (κ1) is 34.2. The normalized spacial score (nSPS) is 14.1. The number of carbonyl (C=O) groups excluding carboxylic acids is 4. The minimum absolute atomic E-state index is 0.0732. The lowest BCUT2D eigenvalue weighted by molar-refractivity contribution is -0.114. The standard InChI is InChI=1S/C36H34BrN3O5S2/c1-3-45-36(44)32-28-17-12-22(2)18-30(28)47-35(32)40-31(41)21-46-27-11-7-10-26(20-27)38-34(43)29(19-23-13-15-25(37)16-14-23)39-33(42)24-8-5-4-6-9-24/h4-11,13-16,19-20,22H,3,12,17-18,21H2,1-2H3,(H,38,43)(H,39,42)(H,40,41)/b29-19-. The molecule has 1 aromatic heterocycles. The molecule has 11 heteroatoms. The van der Waals surface area contributed by atoms with Gasteiger partial charge in [-0.05, 0) is 91.8 Å². The number of ether oxygens (including phenoxy) is 1. The number of amides is 3. The molecule has 0 saturated heterocycles. The van der Waals surface area contributed by atoms with Crippen LogP contribution in [-0.2, 0) is 27.2 Å². The zero-order chi connectivity index (χ0) is 33.3. The Bertz CT molecular complexity index is 1810. The van der Waals surface area contributed by atoms with Gasteiger partial charge in [-0.3, -0.25) is 14.4 Å². The molecule has 4 aromatic rings. The molecule has 0 bridgehead atoms. The summed E-state index contributed by atoms with van der Waals surface area (Å²) in [5, 5.41) is 9.10. The van der Waals surface area contributed by atoms with Crippen LogP contribution in [0.25, 0.3) is 6.08 Å². The van der Waals surface area contributed by atoms with Crippen molar-refractivity contribution < 1.29 is 23.9 Å². The average molecular weight is 733 g/mol. The summed E-state index contributed by atoms with van der Waals surface area (Å²) < 4.78 is 6.21. The van der Waals surface area contributed by atoms with E-state index in [0.717, 1.165) is 44.6 Å².